The van der Waals surface area contributed by atoms with E-state index < -0.39 is 0 Å². The van der Waals surface area contributed by atoms with Crippen LogP contribution in [0.1, 0.15) is 23.6 Å². The van der Waals surface area contributed by atoms with Gasteiger partial charge in [0.05, 0.1) is 0 Å². The van der Waals surface area contributed by atoms with Gasteiger partial charge in [-0.05, 0) is 44.5 Å². The first-order valence-corrected chi connectivity index (χ1v) is 5.92. The number of rotatable bonds is 2. The van der Waals surface area contributed by atoms with Gasteiger partial charge in [-0.1, -0.05) is 0 Å². The van der Waals surface area contributed by atoms with Gasteiger partial charge in [-0.25, -0.2) is 4.39 Å². The van der Waals surface area contributed by atoms with E-state index in [1.165, 1.54) is 6.07 Å². The van der Waals surface area contributed by atoms with Crippen molar-refractivity contribution < 1.29 is 9.50 Å². The van der Waals surface area contributed by atoms with Gasteiger partial charge in [0, 0.05) is 24.2 Å². The summed E-state index contributed by atoms with van der Waals surface area (Å²) < 4.78 is 13.9. The molecule has 3 N–H and O–H groups in total. The van der Waals surface area contributed by atoms with E-state index in [4.69, 9.17) is 5.73 Å². The molecule has 0 aromatic heterocycles. The molecule has 3 nitrogen and oxygen atoms in total. The molecular formula is C13H19FN2O. The maximum atomic E-state index is 13.9. The number of hydrogen-bond donors (Lipinski definition) is 2. The molecule has 1 fully saturated rings. The van der Waals surface area contributed by atoms with Crippen LogP contribution in [-0.4, -0.2) is 30.1 Å². The highest BCUT2D eigenvalue weighted by atomic mass is 19.1. The monoisotopic (exact) mass is 238 g/mol. The number of halogens is 1. The van der Waals surface area contributed by atoms with Gasteiger partial charge in [0.1, 0.15) is 11.6 Å². The summed E-state index contributed by atoms with van der Waals surface area (Å²) in [5.74, 6) is 0.114. The Hall–Kier alpha value is -1.13. The van der Waals surface area contributed by atoms with E-state index in [-0.39, 0.29) is 17.6 Å². The summed E-state index contributed by atoms with van der Waals surface area (Å²) in [5, 5.41) is 9.46. The van der Waals surface area contributed by atoms with E-state index in [0.717, 1.165) is 13.0 Å². The Morgan fingerprint density at radius 2 is 2.24 bits per heavy atom. The van der Waals surface area contributed by atoms with Gasteiger partial charge in [0.25, 0.3) is 0 Å². The highest BCUT2D eigenvalue weighted by Crippen LogP contribution is 2.36. The molecule has 1 aliphatic heterocycles. The first-order valence-electron chi connectivity index (χ1n) is 5.92. The van der Waals surface area contributed by atoms with Gasteiger partial charge < -0.3 is 10.8 Å². The van der Waals surface area contributed by atoms with E-state index in [1.807, 2.05) is 7.05 Å². The summed E-state index contributed by atoms with van der Waals surface area (Å²) in [6, 6.07) is 3.02. The summed E-state index contributed by atoms with van der Waals surface area (Å²) in [7, 11) is 1.99. The number of nitrogens with two attached hydrogens (primary N) is 1. The van der Waals surface area contributed by atoms with Crippen LogP contribution >= 0.6 is 0 Å². The Kier molecular flexibility index (Phi) is 3.35. The molecule has 0 bridgehead atoms. The van der Waals surface area contributed by atoms with Crippen molar-refractivity contribution in [2.75, 3.05) is 20.1 Å². The Labute approximate surface area is 101 Å². The van der Waals surface area contributed by atoms with Gasteiger partial charge in [0.15, 0.2) is 0 Å². The summed E-state index contributed by atoms with van der Waals surface area (Å²) in [6.07, 6.45) is 0.883. The van der Waals surface area contributed by atoms with Gasteiger partial charge in [-0.3, -0.25) is 4.90 Å². The molecule has 17 heavy (non-hydrogen) atoms. The summed E-state index contributed by atoms with van der Waals surface area (Å²) in [4.78, 5) is 2.13. The molecule has 1 heterocycles. The van der Waals surface area contributed by atoms with Gasteiger partial charge >= 0.3 is 0 Å². The van der Waals surface area contributed by atoms with E-state index in [9.17, 15) is 9.50 Å². The number of hydrogen-bond acceptors (Lipinski definition) is 3. The minimum Gasteiger partial charge on any atom is -0.508 e. The van der Waals surface area contributed by atoms with Crippen molar-refractivity contribution in [1.29, 1.82) is 0 Å². The molecule has 0 amide bonds. The lowest BCUT2D eigenvalue weighted by molar-refractivity contribution is 0.306. The average Bonchev–Trinajstić information content (AvgIpc) is 2.65. The first-order chi connectivity index (χ1) is 8.02. The number of aromatic hydroxyl groups is 1. The van der Waals surface area contributed by atoms with E-state index in [1.54, 1.807) is 13.0 Å². The van der Waals surface area contributed by atoms with Crippen LogP contribution in [0.15, 0.2) is 12.1 Å². The highest BCUT2D eigenvalue weighted by Gasteiger charge is 2.31. The third-order valence-corrected chi connectivity index (χ3v) is 3.64. The summed E-state index contributed by atoms with van der Waals surface area (Å²) in [6.45, 7) is 3.33. The second kappa shape index (κ2) is 4.63. The molecule has 1 aromatic carbocycles. The van der Waals surface area contributed by atoms with Crippen LogP contribution in [-0.2, 0) is 0 Å². The molecule has 0 saturated carbocycles. The Balaban J connectivity index is 2.31. The topological polar surface area (TPSA) is 49.5 Å². The molecule has 2 unspecified atom stereocenters. The fourth-order valence-corrected chi connectivity index (χ4v) is 2.59. The van der Waals surface area contributed by atoms with Crippen molar-refractivity contribution in [3.63, 3.8) is 0 Å². The average molecular weight is 238 g/mol. The molecule has 0 aliphatic carbocycles. The number of nitrogens with zero attached hydrogens (tertiary/aromatic N) is 1. The van der Waals surface area contributed by atoms with Crippen molar-refractivity contribution in [2.24, 2.45) is 11.7 Å². The lowest BCUT2D eigenvalue weighted by atomic mass is 9.98. The first kappa shape index (κ1) is 12.3. The van der Waals surface area contributed by atoms with Crippen LogP contribution in [0.5, 0.6) is 5.75 Å². The molecule has 2 rings (SSSR count). The van der Waals surface area contributed by atoms with Crippen LogP contribution in [0.25, 0.3) is 0 Å². The maximum absolute atomic E-state index is 13.9. The van der Waals surface area contributed by atoms with Gasteiger partial charge in [-0.15, -0.1) is 0 Å². The van der Waals surface area contributed by atoms with Crippen molar-refractivity contribution in [2.45, 2.75) is 19.4 Å². The minimum atomic E-state index is -0.331. The molecule has 1 aliphatic rings. The van der Waals surface area contributed by atoms with E-state index in [2.05, 4.69) is 4.90 Å². The molecule has 4 heteroatoms. The fraction of sp³-hybridized carbons (Fsp3) is 0.538. The lowest BCUT2D eigenvalue weighted by Crippen LogP contribution is -2.21. The Morgan fingerprint density at radius 3 is 2.82 bits per heavy atom. The number of aryl methyl sites for hydroxylation is 1. The molecule has 2 atom stereocenters. The molecule has 1 saturated heterocycles. The van der Waals surface area contributed by atoms with Crippen molar-refractivity contribution in [1.82, 2.24) is 4.90 Å². The second-order valence-corrected chi connectivity index (χ2v) is 4.95. The Bertz CT molecular complexity index is 422. The van der Waals surface area contributed by atoms with Crippen LogP contribution in [0.2, 0.25) is 0 Å². The predicted molar refractivity (Wildman–Crippen MR) is 65.3 cm³/mol. The van der Waals surface area contributed by atoms with E-state index >= 15 is 0 Å². The zero-order valence-corrected chi connectivity index (χ0v) is 10.3. The van der Waals surface area contributed by atoms with Crippen LogP contribution in [0.4, 0.5) is 4.39 Å². The molecule has 94 valence electrons. The maximum Gasteiger partial charge on any atom is 0.131 e. The molecular weight excluding hydrogens is 219 g/mol. The predicted octanol–water partition coefficient (Wildman–Crippen LogP) is 1.79. The normalized spacial score (nSPS) is 25.4. The summed E-state index contributed by atoms with van der Waals surface area (Å²) in [5.41, 5.74) is 7.05. The van der Waals surface area contributed by atoms with Gasteiger partial charge in [0.2, 0.25) is 0 Å². The Morgan fingerprint density at radius 1 is 1.53 bits per heavy atom. The zero-order chi connectivity index (χ0) is 12.6. The number of likely N-dealkylation sites (tertiary alicyclic amines) is 1. The largest absolute Gasteiger partial charge is 0.508 e. The number of phenolic OH excluding ortho intramolecular Hbond substituents is 1. The van der Waals surface area contributed by atoms with Crippen molar-refractivity contribution in [3.8, 4) is 5.75 Å². The third kappa shape index (κ3) is 2.28. The van der Waals surface area contributed by atoms with Crippen LogP contribution in [0.3, 0.4) is 0 Å². The number of phenols is 1. The van der Waals surface area contributed by atoms with Gasteiger partial charge in [-0.2, -0.15) is 0 Å². The summed E-state index contributed by atoms with van der Waals surface area (Å²) >= 11 is 0. The zero-order valence-electron chi connectivity index (χ0n) is 10.3. The van der Waals surface area contributed by atoms with Crippen molar-refractivity contribution >= 4 is 0 Å². The van der Waals surface area contributed by atoms with E-state index in [0.29, 0.717) is 23.6 Å². The lowest BCUT2D eigenvalue weighted by Gasteiger charge is -2.20. The molecule has 1 aromatic rings. The molecule has 0 radical (unpaired) electrons. The second-order valence-electron chi connectivity index (χ2n) is 4.95. The van der Waals surface area contributed by atoms with Crippen LogP contribution < -0.4 is 5.73 Å². The highest BCUT2D eigenvalue weighted by molar-refractivity contribution is 5.37. The standard InChI is InChI=1S/C13H19FN2O/c1-8-3-10(11(14)5-13(8)17)12-4-9(6-15)7-16(12)2/h3,5,9,12,17H,4,6-7,15H2,1-2H3. The number of benzene rings is 1. The van der Waals surface area contributed by atoms with Crippen LogP contribution in [0, 0.1) is 18.7 Å². The smallest absolute Gasteiger partial charge is 0.131 e. The fourth-order valence-electron chi connectivity index (χ4n) is 2.59. The third-order valence-electron chi connectivity index (χ3n) is 3.64. The van der Waals surface area contributed by atoms with Crippen molar-refractivity contribution in [3.05, 3.63) is 29.1 Å². The minimum absolute atomic E-state index is 0.0160. The quantitative estimate of drug-likeness (QED) is 0.826. The molecule has 0 spiro atoms. The SMILES string of the molecule is Cc1cc(C2CC(CN)CN2C)c(F)cc1O.